The Hall–Kier alpha value is -8.84. The van der Waals surface area contributed by atoms with Crippen LogP contribution in [-0.4, -0.2) is 61.9 Å². The highest BCUT2D eigenvalue weighted by Gasteiger charge is 2.13. The molecule has 6 aromatic heterocycles. The van der Waals surface area contributed by atoms with Crippen LogP contribution < -0.4 is 5.46 Å². The molecule has 0 bridgehead atoms. The van der Waals surface area contributed by atoms with Crippen LogP contribution in [0.25, 0.3) is 88.7 Å². The number of nitrogens with one attached hydrogen (secondary N) is 1. The number of pyridine rings is 3. The predicted molar refractivity (Wildman–Crippen MR) is 295 cm³/mol. The molecule has 12 heteroatoms. The third-order valence-electron chi connectivity index (χ3n) is 11.6. The number of fused-ring (bicyclic) bond motifs is 3. The number of aryl methyl sites for hydroxylation is 3. The van der Waals surface area contributed by atoms with Gasteiger partial charge in [0, 0.05) is 85.6 Å². The van der Waals surface area contributed by atoms with E-state index in [-0.39, 0.29) is 16.3 Å². The van der Waals surface area contributed by atoms with Crippen molar-refractivity contribution in [3.05, 3.63) is 225 Å². The van der Waals surface area contributed by atoms with E-state index in [2.05, 4.69) is 128 Å². The summed E-state index contributed by atoms with van der Waals surface area (Å²) in [6.45, 7) is 2.11. The molecule has 0 atom stereocenters. The van der Waals surface area contributed by atoms with Gasteiger partial charge in [-0.15, -0.1) is 0 Å². The standard InChI is InChI=1S/C19H15N3.C18H13N3.C15H14N2.C5H6BNO2.2CH4.H2/c1-22-18-8-7-16(14-9-11-20-12-10-14)13-17(18)19(21-22)15-5-3-2-4-6-15;1-2-4-14(5-3-1)18-16-12-15(6-7-17(16)20-21-18)13-8-10-19-11-9-13;1-11-8-9-14-13(10-11)15(16-17(14)2)12-6-4-3-5-7-12;8-6(9)5-1-3-7-4-2-5;;;/h2-13H,1H3;1-12H,(H,20,21);3-10H,1-2H3;1-4,8-9H;2*1H4;1H. The highest BCUT2D eigenvalue weighted by molar-refractivity contribution is 6.58. The summed E-state index contributed by atoms with van der Waals surface area (Å²) in [5.74, 6) is 0. The van der Waals surface area contributed by atoms with Crippen molar-refractivity contribution in [2.75, 3.05) is 0 Å². The number of aromatic amines is 1. The Morgan fingerprint density at radius 1 is 0.423 bits per heavy atom. The quantitative estimate of drug-likeness (QED) is 0.140. The zero-order chi connectivity index (χ0) is 47.5. The lowest BCUT2D eigenvalue weighted by Crippen LogP contribution is -2.29. The van der Waals surface area contributed by atoms with Crippen LogP contribution in [0.1, 0.15) is 21.8 Å². The van der Waals surface area contributed by atoms with E-state index in [0.29, 0.717) is 5.46 Å². The summed E-state index contributed by atoms with van der Waals surface area (Å²) in [4.78, 5) is 11.9. The minimum absolute atomic E-state index is 0. The maximum absolute atomic E-state index is 8.55. The molecule has 6 aromatic carbocycles. The molecule has 12 aromatic rings. The van der Waals surface area contributed by atoms with Gasteiger partial charge in [0.1, 0.15) is 11.4 Å². The number of benzene rings is 6. The Bertz CT molecular complexity index is 3560. The molecule has 0 saturated carbocycles. The number of aromatic nitrogens is 9. The van der Waals surface area contributed by atoms with Gasteiger partial charge in [-0.1, -0.05) is 130 Å². The molecule has 354 valence electrons. The fraction of sp³-hybridized carbons (Fsp3) is 0.0847. The SMILES string of the molecule is C.C.Cc1ccc2c(c1)c(-c1ccccc1)nn2C.Cn1nc(-c2ccccc2)c2cc(-c3ccncc3)ccc21.OB(O)c1ccncc1.[HH].c1ccc(-c2n[nH]c3ccc(-c4ccncc4)cc23)cc1. The molecular weight excluding hydrogens is 878 g/mol. The van der Waals surface area contributed by atoms with Gasteiger partial charge in [0.2, 0.25) is 0 Å². The van der Waals surface area contributed by atoms with Crippen LogP contribution in [0, 0.1) is 6.92 Å². The van der Waals surface area contributed by atoms with Crippen LogP contribution in [0.3, 0.4) is 0 Å². The lowest BCUT2D eigenvalue weighted by atomic mass is 9.81. The van der Waals surface area contributed by atoms with Gasteiger partial charge in [0.25, 0.3) is 0 Å². The van der Waals surface area contributed by atoms with Crippen molar-refractivity contribution in [2.45, 2.75) is 21.8 Å². The van der Waals surface area contributed by atoms with E-state index in [0.717, 1.165) is 50.2 Å². The van der Waals surface area contributed by atoms with Crippen molar-refractivity contribution >= 4 is 45.3 Å². The molecule has 0 unspecified atom stereocenters. The summed E-state index contributed by atoms with van der Waals surface area (Å²) in [7, 11) is 2.60. The number of rotatable bonds is 6. The van der Waals surface area contributed by atoms with Crippen molar-refractivity contribution in [3.8, 4) is 56.0 Å². The molecule has 0 aliphatic carbocycles. The molecule has 0 saturated heterocycles. The lowest BCUT2D eigenvalue weighted by molar-refractivity contribution is 0.425. The minimum Gasteiger partial charge on any atom is -0.423 e. The fourth-order valence-electron chi connectivity index (χ4n) is 8.08. The second-order valence-corrected chi connectivity index (χ2v) is 16.3. The maximum Gasteiger partial charge on any atom is 0.488 e. The average molecular weight is 936 g/mol. The van der Waals surface area contributed by atoms with Gasteiger partial charge in [-0.25, -0.2) is 0 Å². The Morgan fingerprint density at radius 3 is 1.30 bits per heavy atom. The van der Waals surface area contributed by atoms with E-state index in [1.807, 2.05) is 127 Å². The molecule has 0 spiro atoms. The summed E-state index contributed by atoms with van der Waals surface area (Å²) in [6, 6.07) is 61.3. The van der Waals surface area contributed by atoms with Crippen molar-refractivity contribution in [2.24, 2.45) is 14.1 Å². The van der Waals surface area contributed by atoms with Crippen LogP contribution in [0.2, 0.25) is 0 Å². The molecule has 6 heterocycles. The highest BCUT2D eigenvalue weighted by atomic mass is 16.4. The van der Waals surface area contributed by atoms with Crippen LogP contribution >= 0.6 is 0 Å². The van der Waals surface area contributed by atoms with E-state index in [9.17, 15) is 0 Å². The Morgan fingerprint density at radius 2 is 0.831 bits per heavy atom. The molecular formula is C59H58BN9O2. The van der Waals surface area contributed by atoms with Gasteiger partial charge in [0.15, 0.2) is 0 Å². The van der Waals surface area contributed by atoms with Crippen LogP contribution in [0.15, 0.2) is 219 Å². The second-order valence-electron chi connectivity index (χ2n) is 16.3. The Kier molecular flexibility index (Phi) is 16.5. The van der Waals surface area contributed by atoms with Crippen molar-refractivity contribution < 1.29 is 11.5 Å². The molecule has 0 aliphatic heterocycles. The fourth-order valence-corrected chi connectivity index (χ4v) is 8.08. The van der Waals surface area contributed by atoms with E-state index in [1.54, 1.807) is 12.1 Å². The summed E-state index contributed by atoms with van der Waals surface area (Å²) in [6.07, 6.45) is 10.3. The van der Waals surface area contributed by atoms with E-state index in [4.69, 9.17) is 15.1 Å². The minimum atomic E-state index is -1.38. The Labute approximate surface area is 416 Å². The first-order chi connectivity index (χ1) is 33.8. The van der Waals surface area contributed by atoms with Crippen molar-refractivity contribution in [1.29, 1.82) is 0 Å². The number of hydrogen-bond donors (Lipinski definition) is 3. The van der Waals surface area contributed by atoms with Crippen molar-refractivity contribution in [1.82, 2.24) is 44.7 Å². The first kappa shape index (κ1) is 50.1. The summed E-state index contributed by atoms with van der Waals surface area (Å²) >= 11 is 0. The van der Waals surface area contributed by atoms with Gasteiger partial charge in [-0.05, 0) is 107 Å². The summed E-state index contributed by atoms with van der Waals surface area (Å²) in [5.41, 5.74) is 16.3. The normalized spacial score (nSPS) is 10.4. The lowest BCUT2D eigenvalue weighted by Gasteiger charge is -2.03. The van der Waals surface area contributed by atoms with Crippen LogP contribution in [-0.2, 0) is 14.1 Å². The van der Waals surface area contributed by atoms with Crippen molar-refractivity contribution in [3.63, 3.8) is 0 Å². The predicted octanol–water partition coefficient (Wildman–Crippen LogP) is 12.4. The van der Waals surface area contributed by atoms with Gasteiger partial charge in [-0.2, -0.15) is 15.3 Å². The third kappa shape index (κ3) is 11.7. The largest absolute Gasteiger partial charge is 0.488 e. The smallest absolute Gasteiger partial charge is 0.423 e. The van der Waals surface area contributed by atoms with Gasteiger partial charge >= 0.3 is 7.12 Å². The van der Waals surface area contributed by atoms with Gasteiger partial charge in [-0.3, -0.25) is 29.4 Å². The second kappa shape index (κ2) is 23.5. The summed E-state index contributed by atoms with van der Waals surface area (Å²) in [5, 5.41) is 37.5. The molecule has 12 rings (SSSR count). The maximum atomic E-state index is 8.55. The Balaban J connectivity index is 0.000000160. The molecule has 0 radical (unpaired) electrons. The number of hydrogen-bond acceptors (Lipinski definition) is 8. The zero-order valence-corrected chi connectivity index (χ0v) is 38.3. The summed E-state index contributed by atoms with van der Waals surface area (Å²) < 4.78 is 3.88. The molecule has 0 fully saturated rings. The number of nitrogens with zero attached hydrogens (tertiary/aromatic N) is 8. The van der Waals surface area contributed by atoms with Gasteiger partial charge in [0.05, 0.1) is 22.2 Å². The van der Waals surface area contributed by atoms with Crippen LogP contribution in [0.4, 0.5) is 0 Å². The first-order valence-electron chi connectivity index (χ1n) is 22.4. The third-order valence-corrected chi connectivity index (χ3v) is 11.6. The van der Waals surface area contributed by atoms with E-state index < -0.39 is 7.12 Å². The first-order valence-corrected chi connectivity index (χ1v) is 22.4. The van der Waals surface area contributed by atoms with Gasteiger partial charge < -0.3 is 10.0 Å². The van der Waals surface area contributed by atoms with Crippen LogP contribution in [0.5, 0.6) is 0 Å². The average Bonchev–Trinajstić information content (AvgIpc) is 4.10. The molecule has 0 amide bonds. The number of H-pyrrole nitrogens is 1. The molecule has 3 N–H and O–H groups in total. The highest BCUT2D eigenvalue weighted by Crippen LogP contribution is 2.33. The zero-order valence-electron chi connectivity index (χ0n) is 38.3. The monoisotopic (exact) mass is 935 g/mol. The molecule has 11 nitrogen and oxygen atoms in total. The topological polar surface area (TPSA) is 143 Å². The van der Waals surface area contributed by atoms with E-state index >= 15 is 0 Å². The molecule has 0 aliphatic rings. The molecule has 71 heavy (non-hydrogen) atoms. The van der Waals surface area contributed by atoms with E-state index in [1.165, 1.54) is 56.5 Å².